The van der Waals surface area contributed by atoms with Gasteiger partial charge < -0.3 is 9.64 Å². The second-order valence-corrected chi connectivity index (χ2v) is 5.71. The smallest absolute Gasteiger partial charge is 0.378 e. The molecule has 9 heteroatoms. The zero-order valence-corrected chi connectivity index (χ0v) is 13.0. The molecule has 2 aromatic heterocycles. The largest absolute Gasteiger partial charge is 0.416 e. The predicted molar refractivity (Wildman–Crippen MR) is 85.2 cm³/mol. The highest BCUT2D eigenvalue weighted by Crippen LogP contribution is 2.36. The van der Waals surface area contributed by atoms with Gasteiger partial charge in [0.2, 0.25) is 0 Å². The van der Waals surface area contributed by atoms with Gasteiger partial charge in [0.15, 0.2) is 0 Å². The van der Waals surface area contributed by atoms with Gasteiger partial charge in [-0.2, -0.15) is 18.3 Å². The maximum absolute atomic E-state index is 13.1. The first-order valence-electron chi connectivity index (χ1n) is 7.72. The van der Waals surface area contributed by atoms with E-state index in [2.05, 4.69) is 20.2 Å². The van der Waals surface area contributed by atoms with Gasteiger partial charge in [-0.15, -0.1) is 0 Å². The van der Waals surface area contributed by atoms with Crippen LogP contribution in [0.5, 0.6) is 0 Å². The lowest BCUT2D eigenvalue weighted by molar-refractivity contribution is -0.137. The van der Waals surface area contributed by atoms with Crippen LogP contribution in [0.1, 0.15) is 5.56 Å². The number of alkyl halides is 3. The molecule has 6 nitrogen and oxygen atoms in total. The van der Waals surface area contributed by atoms with Crippen LogP contribution in [0.3, 0.4) is 0 Å². The van der Waals surface area contributed by atoms with Gasteiger partial charge in [-0.05, 0) is 12.1 Å². The second kappa shape index (κ2) is 5.99. The summed E-state index contributed by atoms with van der Waals surface area (Å²) in [4.78, 5) is 10.7. The minimum Gasteiger partial charge on any atom is -0.378 e. The standard InChI is InChI=1S/C16H14F3N5O/c17-16(18,19)10-5-11(12-7-22-23-13(12)6-10)14-8-21-15(9-20-14)24-1-3-25-4-2-24/h5-9H,1-4H2,(H,22,23). The summed E-state index contributed by atoms with van der Waals surface area (Å²) in [5, 5.41) is 6.99. The van der Waals surface area contributed by atoms with Crippen molar-refractivity contribution in [2.45, 2.75) is 6.18 Å². The second-order valence-electron chi connectivity index (χ2n) is 5.71. The van der Waals surface area contributed by atoms with Crippen molar-refractivity contribution in [2.24, 2.45) is 0 Å². The predicted octanol–water partition coefficient (Wildman–Crippen LogP) is 2.88. The monoisotopic (exact) mass is 349 g/mol. The third-order valence-electron chi connectivity index (χ3n) is 4.14. The van der Waals surface area contributed by atoms with Crippen molar-refractivity contribution in [3.8, 4) is 11.3 Å². The lowest BCUT2D eigenvalue weighted by atomic mass is 10.0. The highest BCUT2D eigenvalue weighted by molar-refractivity contribution is 5.94. The molecule has 1 aliphatic heterocycles. The van der Waals surface area contributed by atoms with Crippen LogP contribution >= 0.6 is 0 Å². The lowest BCUT2D eigenvalue weighted by Gasteiger charge is -2.27. The third-order valence-corrected chi connectivity index (χ3v) is 4.14. The summed E-state index contributed by atoms with van der Waals surface area (Å²) in [6, 6.07) is 2.12. The number of nitrogens with zero attached hydrogens (tertiary/aromatic N) is 4. The van der Waals surface area contributed by atoms with Gasteiger partial charge in [-0.1, -0.05) is 0 Å². The molecule has 1 aromatic carbocycles. The molecule has 25 heavy (non-hydrogen) atoms. The maximum Gasteiger partial charge on any atom is 0.416 e. The zero-order chi connectivity index (χ0) is 17.4. The van der Waals surface area contributed by atoms with Crippen LogP contribution in [-0.2, 0) is 10.9 Å². The number of hydrogen-bond donors (Lipinski definition) is 1. The summed E-state index contributed by atoms with van der Waals surface area (Å²) < 4.78 is 44.7. The summed E-state index contributed by atoms with van der Waals surface area (Å²) in [6.07, 6.45) is 0.108. The first kappa shape index (κ1) is 15.8. The fourth-order valence-corrected chi connectivity index (χ4v) is 2.84. The molecule has 1 aliphatic rings. The van der Waals surface area contributed by atoms with E-state index in [9.17, 15) is 13.2 Å². The highest BCUT2D eigenvalue weighted by atomic mass is 19.4. The van der Waals surface area contributed by atoms with Crippen LogP contribution < -0.4 is 4.90 Å². The van der Waals surface area contributed by atoms with Crippen molar-refractivity contribution in [1.82, 2.24) is 20.2 Å². The number of aromatic amines is 1. The average Bonchev–Trinajstić information content (AvgIpc) is 3.10. The van der Waals surface area contributed by atoms with Crippen LogP contribution in [-0.4, -0.2) is 46.5 Å². The summed E-state index contributed by atoms with van der Waals surface area (Å²) in [7, 11) is 0. The molecule has 1 fully saturated rings. The molecule has 0 spiro atoms. The Morgan fingerprint density at radius 3 is 2.52 bits per heavy atom. The van der Waals surface area contributed by atoms with E-state index < -0.39 is 11.7 Å². The summed E-state index contributed by atoms with van der Waals surface area (Å²) in [5.41, 5.74) is 0.274. The summed E-state index contributed by atoms with van der Waals surface area (Å²) >= 11 is 0. The van der Waals surface area contributed by atoms with Gasteiger partial charge in [-0.25, -0.2) is 4.98 Å². The fraction of sp³-hybridized carbons (Fsp3) is 0.312. The van der Waals surface area contributed by atoms with Crippen LogP contribution in [0.4, 0.5) is 19.0 Å². The molecular formula is C16H14F3N5O. The van der Waals surface area contributed by atoms with E-state index in [1.54, 1.807) is 6.20 Å². The number of nitrogens with one attached hydrogen (secondary N) is 1. The minimum absolute atomic E-state index is 0.309. The molecule has 0 amide bonds. The number of anilines is 1. The Bertz CT molecular complexity index is 885. The Morgan fingerprint density at radius 1 is 1.04 bits per heavy atom. The van der Waals surface area contributed by atoms with Gasteiger partial charge in [0.1, 0.15) is 5.82 Å². The zero-order valence-electron chi connectivity index (χ0n) is 13.0. The van der Waals surface area contributed by atoms with Crippen molar-refractivity contribution in [1.29, 1.82) is 0 Å². The number of rotatable bonds is 2. The first-order chi connectivity index (χ1) is 12.0. The van der Waals surface area contributed by atoms with E-state index in [1.165, 1.54) is 12.4 Å². The van der Waals surface area contributed by atoms with Crippen LogP contribution in [0.2, 0.25) is 0 Å². The molecule has 0 bridgehead atoms. The van der Waals surface area contributed by atoms with E-state index in [4.69, 9.17) is 4.74 Å². The lowest BCUT2D eigenvalue weighted by Crippen LogP contribution is -2.36. The number of halogens is 3. The Labute approximate surface area is 140 Å². The Kier molecular flexibility index (Phi) is 3.79. The number of aromatic nitrogens is 4. The third kappa shape index (κ3) is 3.02. The van der Waals surface area contributed by atoms with E-state index >= 15 is 0 Å². The maximum atomic E-state index is 13.1. The van der Waals surface area contributed by atoms with Crippen LogP contribution in [0.15, 0.2) is 30.7 Å². The topological polar surface area (TPSA) is 66.9 Å². The first-order valence-corrected chi connectivity index (χ1v) is 7.72. The molecule has 1 saturated heterocycles. The number of hydrogen-bond acceptors (Lipinski definition) is 5. The van der Waals surface area contributed by atoms with Crippen molar-refractivity contribution in [2.75, 3.05) is 31.2 Å². The Morgan fingerprint density at radius 2 is 1.84 bits per heavy atom. The molecule has 0 unspecified atom stereocenters. The van der Waals surface area contributed by atoms with Crippen molar-refractivity contribution in [3.05, 3.63) is 36.3 Å². The summed E-state index contributed by atoms with van der Waals surface area (Å²) in [6.45, 7) is 2.66. The van der Waals surface area contributed by atoms with Crippen molar-refractivity contribution < 1.29 is 17.9 Å². The minimum atomic E-state index is -4.45. The number of morpholine rings is 1. The SMILES string of the molecule is FC(F)(F)c1cc(-c2cnc(N3CCOCC3)cn2)c2cn[nH]c2c1. The Balaban J connectivity index is 1.74. The summed E-state index contributed by atoms with van der Waals surface area (Å²) in [5.74, 6) is 0.683. The Hall–Kier alpha value is -2.68. The van der Waals surface area contributed by atoms with Gasteiger partial charge in [0, 0.05) is 24.0 Å². The highest BCUT2D eigenvalue weighted by Gasteiger charge is 2.32. The molecule has 3 heterocycles. The molecule has 1 N–H and O–H groups in total. The van der Waals surface area contributed by atoms with E-state index in [0.717, 1.165) is 12.1 Å². The molecule has 4 rings (SSSR count). The normalized spacial score (nSPS) is 15.7. The molecule has 130 valence electrons. The molecule has 0 aliphatic carbocycles. The van der Waals surface area contributed by atoms with Gasteiger partial charge in [-0.3, -0.25) is 10.1 Å². The van der Waals surface area contributed by atoms with E-state index in [1.807, 2.05) is 4.90 Å². The van der Waals surface area contributed by atoms with Gasteiger partial charge in [0.05, 0.1) is 48.6 Å². The van der Waals surface area contributed by atoms with E-state index in [-0.39, 0.29) is 0 Å². The average molecular weight is 349 g/mol. The van der Waals surface area contributed by atoms with Crippen LogP contribution in [0, 0.1) is 0 Å². The van der Waals surface area contributed by atoms with Crippen molar-refractivity contribution in [3.63, 3.8) is 0 Å². The molecule has 0 radical (unpaired) electrons. The van der Waals surface area contributed by atoms with Crippen molar-refractivity contribution >= 4 is 16.7 Å². The number of ether oxygens (including phenoxy) is 1. The molecule has 0 atom stereocenters. The quantitative estimate of drug-likeness (QED) is 0.771. The van der Waals surface area contributed by atoms with Gasteiger partial charge >= 0.3 is 6.18 Å². The molecule has 0 saturated carbocycles. The van der Waals surface area contributed by atoms with Gasteiger partial charge in [0.25, 0.3) is 0 Å². The molecular weight excluding hydrogens is 335 g/mol. The van der Waals surface area contributed by atoms with Crippen LogP contribution in [0.25, 0.3) is 22.2 Å². The fourth-order valence-electron chi connectivity index (χ4n) is 2.84. The van der Waals surface area contributed by atoms with E-state index in [0.29, 0.717) is 54.3 Å². The molecule has 3 aromatic rings. The number of benzene rings is 1. The number of fused-ring (bicyclic) bond motifs is 1. The number of H-pyrrole nitrogens is 1.